The maximum atomic E-state index is 8.73. The minimum absolute atomic E-state index is 0.109. The second-order valence-corrected chi connectivity index (χ2v) is 6.05. The molecule has 5 nitrogen and oxygen atoms in total. The molecule has 1 aliphatic rings. The monoisotopic (exact) mass is 243 g/mol. The van der Waals surface area contributed by atoms with Crippen LogP contribution in [0.4, 0.5) is 0 Å². The molecule has 0 aromatic heterocycles. The SMILES string of the molecule is CC(C(N)=NO)N(C)C1CC(C)(C)OC1(C)C. The first-order valence-electron chi connectivity index (χ1n) is 6.00. The summed E-state index contributed by atoms with van der Waals surface area (Å²) < 4.78 is 6.05. The third-order valence-corrected chi connectivity index (χ3v) is 3.67. The minimum atomic E-state index is -0.234. The van der Waals surface area contributed by atoms with E-state index >= 15 is 0 Å². The van der Waals surface area contributed by atoms with Crippen molar-refractivity contribution in [3.05, 3.63) is 0 Å². The third kappa shape index (κ3) is 2.90. The summed E-state index contributed by atoms with van der Waals surface area (Å²) in [7, 11) is 1.99. The van der Waals surface area contributed by atoms with Crippen molar-refractivity contribution in [2.45, 2.75) is 64.3 Å². The summed E-state index contributed by atoms with van der Waals surface area (Å²) in [4.78, 5) is 2.11. The predicted octanol–water partition coefficient (Wildman–Crippen LogP) is 1.40. The van der Waals surface area contributed by atoms with Gasteiger partial charge in [0.2, 0.25) is 0 Å². The van der Waals surface area contributed by atoms with E-state index in [4.69, 9.17) is 15.7 Å². The lowest BCUT2D eigenvalue weighted by atomic mass is 9.92. The molecule has 1 heterocycles. The Bertz CT molecular complexity index is 313. The zero-order chi connectivity index (χ0) is 13.4. The van der Waals surface area contributed by atoms with Crippen LogP contribution < -0.4 is 5.73 Å². The Morgan fingerprint density at radius 3 is 2.35 bits per heavy atom. The molecule has 0 spiro atoms. The summed E-state index contributed by atoms with van der Waals surface area (Å²) in [5.74, 6) is 0.230. The Kier molecular flexibility index (Phi) is 3.74. The highest BCUT2D eigenvalue weighted by Crippen LogP contribution is 2.40. The average Bonchev–Trinajstić information content (AvgIpc) is 2.43. The molecular weight excluding hydrogens is 218 g/mol. The first-order chi connectivity index (χ1) is 7.60. The molecule has 2 atom stereocenters. The topological polar surface area (TPSA) is 71.1 Å². The van der Waals surface area contributed by atoms with Crippen LogP contribution in [0.1, 0.15) is 41.0 Å². The highest BCUT2D eigenvalue weighted by atomic mass is 16.5. The number of ether oxygens (including phenoxy) is 1. The molecule has 2 unspecified atom stereocenters. The van der Waals surface area contributed by atoms with Gasteiger partial charge < -0.3 is 15.7 Å². The number of likely N-dealkylation sites (N-methyl/N-ethyl adjacent to an activating group) is 1. The largest absolute Gasteiger partial charge is 0.409 e. The van der Waals surface area contributed by atoms with Gasteiger partial charge in [-0.1, -0.05) is 5.16 Å². The normalized spacial score (nSPS) is 29.6. The van der Waals surface area contributed by atoms with Crippen LogP contribution in [0.3, 0.4) is 0 Å². The van der Waals surface area contributed by atoms with Gasteiger partial charge in [0.15, 0.2) is 5.84 Å². The zero-order valence-corrected chi connectivity index (χ0v) is 11.7. The van der Waals surface area contributed by atoms with Gasteiger partial charge >= 0.3 is 0 Å². The molecule has 0 aliphatic carbocycles. The summed E-state index contributed by atoms with van der Waals surface area (Å²) in [5.41, 5.74) is 5.29. The van der Waals surface area contributed by atoms with Crippen molar-refractivity contribution in [2.24, 2.45) is 10.9 Å². The molecule has 0 saturated carbocycles. The van der Waals surface area contributed by atoms with Crippen molar-refractivity contribution < 1.29 is 9.94 Å². The summed E-state index contributed by atoms with van der Waals surface area (Å²) in [6.07, 6.45) is 0.930. The number of amidine groups is 1. The van der Waals surface area contributed by atoms with Crippen LogP contribution in [0.25, 0.3) is 0 Å². The van der Waals surface area contributed by atoms with Gasteiger partial charge in [-0.25, -0.2) is 0 Å². The first-order valence-corrected chi connectivity index (χ1v) is 6.00. The lowest BCUT2D eigenvalue weighted by Crippen LogP contribution is -2.52. The molecular formula is C12H25N3O2. The fraction of sp³-hybridized carbons (Fsp3) is 0.917. The number of nitrogens with two attached hydrogens (primary N) is 1. The van der Waals surface area contributed by atoms with E-state index in [1.165, 1.54) is 0 Å². The first kappa shape index (κ1) is 14.3. The van der Waals surface area contributed by atoms with E-state index in [-0.39, 0.29) is 29.1 Å². The van der Waals surface area contributed by atoms with Gasteiger partial charge in [-0.3, -0.25) is 4.90 Å². The molecule has 1 saturated heterocycles. The van der Waals surface area contributed by atoms with Crippen LogP contribution in [0, 0.1) is 0 Å². The van der Waals surface area contributed by atoms with E-state index in [1.807, 2.05) is 14.0 Å². The quantitative estimate of drug-likeness (QED) is 0.340. The molecule has 17 heavy (non-hydrogen) atoms. The second kappa shape index (κ2) is 4.46. The van der Waals surface area contributed by atoms with Gasteiger partial charge in [0, 0.05) is 6.04 Å². The van der Waals surface area contributed by atoms with E-state index in [2.05, 4.69) is 37.8 Å². The standard InChI is InChI=1S/C12H25N3O2/c1-8(10(13)14-16)15(6)9-7-11(2,3)17-12(9,4)5/h8-9,16H,7H2,1-6H3,(H2,13,14). The van der Waals surface area contributed by atoms with E-state index in [0.29, 0.717) is 0 Å². The molecule has 100 valence electrons. The average molecular weight is 243 g/mol. The highest BCUT2D eigenvalue weighted by molar-refractivity contribution is 5.84. The van der Waals surface area contributed by atoms with Crippen LogP contribution in [-0.2, 0) is 4.74 Å². The fourth-order valence-electron chi connectivity index (χ4n) is 2.73. The molecule has 1 fully saturated rings. The number of nitrogens with zero attached hydrogens (tertiary/aromatic N) is 2. The van der Waals surface area contributed by atoms with Crippen LogP contribution >= 0.6 is 0 Å². The molecule has 5 heteroatoms. The molecule has 0 radical (unpaired) electrons. The summed E-state index contributed by atoms with van der Waals surface area (Å²) in [6, 6.07) is 0.134. The van der Waals surface area contributed by atoms with Crippen molar-refractivity contribution in [1.29, 1.82) is 0 Å². The van der Waals surface area contributed by atoms with Crippen molar-refractivity contribution in [1.82, 2.24) is 4.90 Å². The van der Waals surface area contributed by atoms with Gasteiger partial charge in [0.25, 0.3) is 0 Å². The third-order valence-electron chi connectivity index (χ3n) is 3.67. The number of hydrogen-bond acceptors (Lipinski definition) is 4. The van der Waals surface area contributed by atoms with E-state index in [9.17, 15) is 0 Å². The van der Waals surface area contributed by atoms with E-state index in [1.54, 1.807) is 0 Å². The second-order valence-electron chi connectivity index (χ2n) is 6.05. The van der Waals surface area contributed by atoms with Gasteiger partial charge in [0.05, 0.1) is 17.2 Å². The Balaban J connectivity index is 2.86. The smallest absolute Gasteiger partial charge is 0.156 e. The highest BCUT2D eigenvalue weighted by Gasteiger charge is 2.48. The Labute approximate surface area is 104 Å². The van der Waals surface area contributed by atoms with E-state index in [0.717, 1.165) is 6.42 Å². The van der Waals surface area contributed by atoms with Crippen molar-refractivity contribution in [3.8, 4) is 0 Å². The van der Waals surface area contributed by atoms with Gasteiger partial charge in [-0.05, 0) is 48.1 Å². The summed E-state index contributed by atoms with van der Waals surface area (Å²) >= 11 is 0. The van der Waals surface area contributed by atoms with Crippen LogP contribution in [-0.4, -0.2) is 46.3 Å². The number of oxime groups is 1. The van der Waals surface area contributed by atoms with Crippen LogP contribution in [0.2, 0.25) is 0 Å². The summed E-state index contributed by atoms with van der Waals surface area (Å²) in [5, 5.41) is 11.8. The molecule has 0 bridgehead atoms. The lowest BCUT2D eigenvalue weighted by Gasteiger charge is -2.36. The maximum absolute atomic E-state index is 8.73. The number of rotatable bonds is 3. The van der Waals surface area contributed by atoms with Gasteiger partial charge in [0.1, 0.15) is 0 Å². The molecule has 0 aromatic rings. The zero-order valence-electron chi connectivity index (χ0n) is 11.7. The molecule has 1 aliphatic heterocycles. The molecule has 1 rings (SSSR count). The van der Waals surface area contributed by atoms with Crippen LogP contribution in [0.15, 0.2) is 5.16 Å². The van der Waals surface area contributed by atoms with Crippen molar-refractivity contribution >= 4 is 5.84 Å². The summed E-state index contributed by atoms with van der Waals surface area (Å²) in [6.45, 7) is 10.3. The number of hydrogen-bond donors (Lipinski definition) is 2. The van der Waals surface area contributed by atoms with E-state index < -0.39 is 0 Å². The molecule has 0 aromatic carbocycles. The van der Waals surface area contributed by atoms with Crippen molar-refractivity contribution in [2.75, 3.05) is 7.05 Å². The Morgan fingerprint density at radius 2 is 2.00 bits per heavy atom. The van der Waals surface area contributed by atoms with Gasteiger partial charge in [-0.15, -0.1) is 0 Å². The molecule has 3 N–H and O–H groups in total. The van der Waals surface area contributed by atoms with Crippen LogP contribution in [0.5, 0.6) is 0 Å². The Morgan fingerprint density at radius 1 is 1.47 bits per heavy atom. The van der Waals surface area contributed by atoms with Crippen molar-refractivity contribution in [3.63, 3.8) is 0 Å². The predicted molar refractivity (Wildman–Crippen MR) is 68.3 cm³/mol. The maximum Gasteiger partial charge on any atom is 0.156 e. The Hall–Kier alpha value is -0.810. The minimum Gasteiger partial charge on any atom is -0.409 e. The molecule has 0 amide bonds. The lowest BCUT2D eigenvalue weighted by molar-refractivity contribution is -0.0795. The fourth-order valence-corrected chi connectivity index (χ4v) is 2.73. The van der Waals surface area contributed by atoms with Gasteiger partial charge in [-0.2, -0.15) is 0 Å².